The Morgan fingerprint density at radius 1 is 1.48 bits per heavy atom. The zero-order valence-corrected chi connectivity index (χ0v) is 11.8. The molecule has 0 saturated heterocycles. The number of benzene rings is 1. The van der Waals surface area contributed by atoms with Crippen LogP contribution in [0, 0.1) is 0 Å². The van der Waals surface area contributed by atoms with Crippen molar-refractivity contribution in [1.82, 2.24) is 14.6 Å². The summed E-state index contributed by atoms with van der Waals surface area (Å²) in [6.45, 7) is -0.211. The monoisotopic (exact) mass is 315 g/mol. The fourth-order valence-corrected chi connectivity index (χ4v) is 1.95. The summed E-state index contributed by atoms with van der Waals surface area (Å²) in [7, 11) is 1.70. The number of ether oxygens (including phenoxy) is 1. The molecule has 0 aliphatic heterocycles. The first-order chi connectivity index (χ1) is 10.0. The second kappa shape index (κ2) is 6.53. The predicted molar refractivity (Wildman–Crippen MR) is 72.3 cm³/mol. The van der Waals surface area contributed by atoms with E-state index in [1.165, 1.54) is 22.9 Å². The summed E-state index contributed by atoms with van der Waals surface area (Å²) in [4.78, 5) is 13.6. The van der Waals surface area contributed by atoms with Gasteiger partial charge >= 0.3 is 0 Å². The molecule has 112 valence electrons. The number of amides is 1. The topological polar surface area (TPSA) is 56.1 Å². The van der Waals surface area contributed by atoms with Gasteiger partial charge in [-0.1, -0.05) is 12.1 Å². The molecule has 5 nitrogen and oxygen atoms in total. The number of hydrogen-bond donors (Lipinski definition) is 1. The number of rotatable bonds is 5. The van der Waals surface area contributed by atoms with Crippen LogP contribution in [0.1, 0.15) is 27.9 Å². The highest BCUT2D eigenvalue weighted by atomic mass is 35.5. The van der Waals surface area contributed by atoms with Crippen LogP contribution < -0.4 is 9.57 Å². The van der Waals surface area contributed by atoms with E-state index >= 15 is 0 Å². The number of nitrogens with one attached hydrogen (secondary N) is 1. The maximum Gasteiger partial charge on any atom is 0.266 e. The van der Waals surface area contributed by atoms with Crippen molar-refractivity contribution in [3.05, 3.63) is 47.2 Å². The average Bonchev–Trinajstić information content (AvgIpc) is 2.89. The molecular weight excluding hydrogens is 304 g/mol. The van der Waals surface area contributed by atoms with Crippen LogP contribution in [0.15, 0.2) is 30.5 Å². The van der Waals surface area contributed by atoms with E-state index in [2.05, 4.69) is 5.10 Å². The first kappa shape index (κ1) is 15.2. The van der Waals surface area contributed by atoms with Crippen molar-refractivity contribution in [3.63, 3.8) is 0 Å². The lowest BCUT2D eigenvalue weighted by Crippen LogP contribution is -2.17. The Morgan fingerprint density at radius 3 is 2.81 bits per heavy atom. The number of hydrogen-bond acceptors (Lipinski definition) is 3. The lowest BCUT2D eigenvalue weighted by molar-refractivity contribution is 0.0978. The van der Waals surface area contributed by atoms with Gasteiger partial charge in [0.25, 0.3) is 12.3 Å². The first-order valence-corrected chi connectivity index (χ1v) is 6.34. The van der Waals surface area contributed by atoms with Crippen LogP contribution in [-0.2, 0) is 13.7 Å². The zero-order chi connectivity index (χ0) is 15.4. The summed E-state index contributed by atoms with van der Waals surface area (Å²) >= 11 is 5.27. The molecule has 0 spiro atoms. The fourth-order valence-electron chi connectivity index (χ4n) is 1.85. The van der Waals surface area contributed by atoms with E-state index in [0.29, 0.717) is 0 Å². The van der Waals surface area contributed by atoms with Crippen LogP contribution in [0.4, 0.5) is 8.78 Å². The smallest absolute Gasteiger partial charge is 0.266 e. The Hall–Kier alpha value is -2.15. The fraction of sp³-hybridized carbons (Fsp3) is 0.231. The standard InChI is InChI=1S/C13H12ClF2N3O2/c1-19-6-5-11(18-19)21-7-10-8(12(15)16)3-2-4-9(10)13(20)17-14/h2-6,12H,7H2,1H3,(H,17,20). The van der Waals surface area contributed by atoms with Crippen molar-refractivity contribution in [2.45, 2.75) is 13.0 Å². The van der Waals surface area contributed by atoms with Crippen LogP contribution in [-0.4, -0.2) is 15.7 Å². The first-order valence-electron chi connectivity index (χ1n) is 5.96. The summed E-state index contributed by atoms with van der Waals surface area (Å²) in [5, 5.41) is 3.98. The highest BCUT2D eigenvalue weighted by Gasteiger charge is 2.20. The van der Waals surface area contributed by atoms with Gasteiger partial charge in [0.15, 0.2) is 0 Å². The third-order valence-corrected chi connectivity index (χ3v) is 3.00. The van der Waals surface area contributed by atoms with E-state index in [0.717, 1.165) is 0 Å². The van der Waals surface area contributed by atoms with Gasteiger partial charge in [-0.25, -0.2) is 8.78 Å². The zero-order valence-electron chi connectivity index (χ0n) is 11.0. The van der Waals surface area contributed by atoms with E-state index in [1.807, 2.05) is 4.84 Å². The second-order valence-corrected chi connectivity index (χ2v) is 4.40. The van der Waals surface area contributed by atoms with Gasteiger partial charge in [0.2, 0.25) is 5.88 Å². The number of aromatic nitrogens is 2. The SMILES string of the molecule is Cn1ccc(OCc2c(C(=O)NCl)cccc2C(F)F)n1. The normalized spacial score (nSPS) is 10.7. The molecule has 2 aromatic rings. The largest absolute Gasteiger partial charge is 0.472 e. The average molecular weight is 316 g/mol. The lowest BCUT2D eigenvalue weighted by Gasteiger charge is -2.13. The summed E-state index contributed by atoms with van der Waals surface area (Å²) in [5.74, 6) is -0.391. The van der Waals surface area contributed by atoms with Crippen LogP contribution in [0.5, 0.6) is 5.88 Å². The van der Waals surface area contributed by atoms with E-state index < -0.39 is 12.3 Å². The molecule has 0 bridgehead atoms. The molecule has 0 saturated carbocycles. The summed E-state index contributed by atoms with van der Waals surface area (Å²) in [6, 6.07) is 5.60. The van der Waals surface area contributed by atoms with Gasteiger partial charge in [0.1, 0.15) is 6.61 Å². The van der Waals surface area contributed by atoms with Gasteiger partial charge in [-0.2, -0.15) is 0 Å². The van der Waals surface area contributed by atoms with Crippen LogP contribution >= 0.6 is 11.8 Å². The molecule has 0 aliphatic rings. The minimum absolute atomic E-state index is 0.0405. The highest BCUT2D eigenvalue weighted by molar-refractivity contribution is 6.24. The molecule has 0 fully saturated rings. The van der Waals surface area contributed by atoms with Crippen LogP contribution in [0.3, 0.4) is 0 Å². The van der Waals surface area contributed by atoms with E-state index in [-0.39, 0.29) is 29.2 Å². The molecule has 0 unspecified atom stereocenters. The predicted octanol–water partition coefficient (Wildman–Crippen LogP) is 2.82. The Morgan fingerprint density at radius 2 is 2.24 bits per heavy atom. The molecule has 21 heavy (non-hydrogen) atoms. The number of nitrogens with zero attached hydrogens (tertiary/aromatic N) is 2. The Kier molecular flexibility index (Phi) is 4.74. The van der Waals surface area contributed by atoms with Crippen molar-refractivity contribution < 1.29 is 18.3 Å². The van der Waals surface area contributed by atoms with Gasteiger partial charge in [-0.05, 0) is 6.07 Å². The van der Waals surface area contributed by atoms with Crippen molar-refractivity contribution >= 4 is 17.7 Å². The second-order valence-electron chi connectivity index (χ2n) is 4.21. The molecule has 1 heterocycles. The minimum Gasteiger partial charge on any atom is -0.472 e. The maximum absolute atomic E-state index is 13.1. The Bertz CT molecular complexity index is 646. The van der Waals surface area contributed by atoms with E-state index in [9.17, 15) is 13.6 Å². The molecule has 1 aromatic heterocycles. The van der Waals surface area contributed by atoms with Gasteiger partial charge in [-0.3, -0.25) is 14.3 Å². The van der Waals surface area contributed by atoms with Crippen molar-refractivity contribution in [3.8, 4) is 5.88 Å². The summed E-state index contributed by atoms with van der Waals surface area (Å²) in [5.41, 5.74) is -0.154. The van der Waals surface area contributed by atoms with Gasteiger partial charge < -0.3 is 4.74 Å². The number of halogens is 3. The quantitative estimate of drug-likeness (QED) is 0.863. The van der Waals surface area contributed by atoms with Crippen LogP contribution in [0.2, 0.25) is 0 Å². The summed E-state index contributed by atoms with van der Waals surface area (Å²) in [6.07, 6.45) is -1.07. The molecular formula is C13H12ClF2N3O2. The van der Waals surface area contributed by atoms with Crippen molar-refractivity contribution in [2.75, 3.05) is 0 Å². The molecule has 8 heteroatoms. The molecule has 1 aromatic carbocycles. The molecule has 1 amide bonds. The van der Waals surface area contributed by atoms with Gasteiger partial charge in [0, 0.05) is 47.8 Å². The molecule has 0 radical (unpaired) electrons. The minimum atomic E-state index is -2.73. The molecule has 2 rings (SSSR count). The van der Waals surface area contributed by atoms with E-state index in [1.54, 1.807) is 19.3 Å². The van der Waals surface area contributed by atoms with Crippen molar-refractivity contribution in [2.24, 2.45) is 7.05 Å². The number of carbonyl (C=O) groups is 1. The van der Waals surface area contributed by atoms with Crippen LogP contribution in [0.25, 0.3) is 0 Å². The van der Waals surface area contributed by atoms with E-state index in [4.69, 9.17) is 16.5 Å². The number of alkyl halides is 2. The molecule has 1 N–H and O–H groups in total. The third kappa shape index (κ3) is 3.49. The Labute approximate surface area is 124 Å². The van der Waals surface area contributed by atoms with Crippen molar-refractivity contribution in [1.29, 1.82) is 0 Å². The van der Waals surface area contributed by atoms with Gasteiger partial charge in [-0.15, -0.1) is 5.10 Å². The maximum atomic E-state index is 13.1. The van der Waals surface area contributed by atoms with Gasteiger partial charge in [0.05, 0.1) is 0 Å². The lowest BCUT2D eigenvalue weighted by atomic mass is 10.0. The third-order valence-electron chi connectivity index (χ3n) is 2.83. The Balaban J connectivity index is 2.32. The number of carbonyl (C=O) groups excluding carboxylic acids is 1. The highest BCUT2D eigenvalue weighted by Crippen LogP contribution is 2.26. The number of aryl methyl sites for hydroxylation is 1. The summed E-state index contributed by atoms with van der Waals surface area (Å²) < 4.78 is 33.0. The molecule has 0 aliphatic carbocycles. The molecule has 0 atom stereocenters.